The molecule has 1 aromatic rings. The van der Waals surface area contributed by atoms with Crippen LogP contribution in [0.1, 0.15) is 53.1 Å². The molecule has 1 N–H and O–H groups in total. The van der Waals surface area contributed by atoms with Crippen LogP contribution in [0.3, 0.4) is 0 Å². The molecular weight excluding hydrogens is 394 g/mol. The molecule has 1 aromatic carbocycles. The zero-order chi connectivity index (χ0) is 23.1. The van der Waals surface area contributed by atoms with Gasteiger partial charge in [-0.1, -0.05) is 30.3 Å². The standard InChI is InChI=1S/C21H31NO8/c1-20(2,3)29-18(25)22(19(26)30-21(4,5)6)15(14-11-9-8-10-12-14)16(17(23)24)28-13-27-7/h8-12,15-16H,13H2,1-7H3,(H,23,24)/t15-,16+/m0/s1. The van der Waals surface area contributed by atoms with E-state index >= 15 is 0 Å². The van der Waals surface area contributed by atoms with Crippen LogP contribution in [0.15, 0.2) is 30.3 Å². The van der Waals surface area contributed by atoms with Gasteiger partial charge in [0.1, 0.15) is 24.0 Å². The fourth-order valence-corrected chi connectivity index (χ4v) is 2.47. The summed E-state index contributed by atoms with van der Waals surface area (Å²) in [5.41, 5.74) is -1.53. The molecule has 0 spiro atoms. The molecular formula is C21H31NO8. The Morgan fingerprint density at radius 1 is 0.933 bits per heavy atom. The molecule has 0 saturated heterocycles. The maximum absolute atomic E-state index is 13.0. The molecule has 0 aliphatic rings. The summed E-state index contributed by atoms with van der Waals surface area (Å²) in [7, 11) is 1.33. The highest BCUT2D eigenvalue weighted by Crippen LogP contribution is 2.30. The van der Waals surface area contributed by atoms with Gasteiger partial charge in [-0.3, -0.25) is 0 Å². The van der Waals surface area contributed by atoms with Crippen LogP contribution in [0.25, 0.3) is 0 Å². The summed E-state index contributed by atoms with van der Waals surface area (Å²) < 4.78 is 20.9. The van der Waals surface area contributed by atoms with Gasteiger partial charge >= 0.3 is 18.2 Å². The van der Waals surface area contributed by atoms with E-state index in [4.69, 9.17) is 18.9 Å². The second-order valence-corrected chi connectivity index (χ2v) is 8.52. The fourth-order valence-electron chi connectivity index (χ4n) is 2.47. The predicted molar refractivity (Wildman–Crippen MR) is 108 cm³/mol. The fraction of sp³-hybridized carbons (Fsp3) is 0.571. The third kappa shape index (κ3) is 8.00. The first-order valence-electron chi connectivity index (χ1n) is 9.40. The molecule has 2 atom stereocenters. The molecule has 0 saturated carbocycles. The maximum atomic E-state index is 13.0. The summed E-state index contributed by atoms with van der Waals surface area (Å²) in [5, 5.41) is 9.80. The topological polar surface area (TPSA) is 112 Å². The minimum atomic E-state index is -1.63. The number of carboxylic acids is 1. The average Bonchev–Trinajstić information content (AvgIpc) is 2.58. The van der Waals surface area contributed by atoms with E-state index in [-0.39, 0.29) is 6.79 Å². The number of carbonyl (C=O) groups is 3. The lowest BCUT2D eigenvalue weighted by Crippen LogP contribution is -2.51. The Balaban J connectivity index is 3.58. The Hall–Kier alpha value is -2.65. The monoisotopic (exact) mass is 425 g/mol. The second kappa shape index (κ2) is 10.4. The van der Waals surface area contributed by atoms with E-state index in [1.54, 1.807) is 71.9 Å². The predicted octanol–water partition coefficient (Wildman–Crippen LogP) is 3.97. The molecule has 2 amide bonds. The molecule has 9 heteroatoms. The molecule has 0 unspecified atom stereocenters. The molecule has 0 bridgehead atoms. The molecule has 0 aromatic heterocycles. The van der Waals surface area contributed by atoms with Crippen molar-refractivity contribution in [1.82, 2.24) is 4.90 Å². The van der Waals surface area contributed by atoms with Gasteiger partial charge in [0, 0.05) is 7.11 Å². The van der Waals surface area contributed by atoms with E-state index in [1.165, 1.54) is 7.11 Å². The summed E-state index contributed by atoms with van der Waals surface area (Å²) in [6, 6.07) is 6.82. The first-order valence-corrected chi connectivity index (χ1v) is 9.40. The number of hydrogen-bond acceptors (Lipinski definition) is 7. The Kier molecular flexibility index (Phi) is 8.80. The van der Waals surface area contributed by atoms with Gasteiger partial charge < -0.3 is 24.1 Å². The van der Waals surface area contributed by atoms with E-state index in [0.29, 0.717) is 10.5 Å². The lowest BCUT2D eigenvalue weighted by atomic mass is 10.00. The third-order valence-electron chi connectivity index (χ3n) is 3.50. The average molecular weight is 425 g/mol. The highest BCUT2D eigenvalue weighted by Gasteiger charge is 2.44. The smallest absolute Gasteiger partial charge is 0.420 e. The third-order valence-corrected chi connectivity index (χ3v) is 3.50. The van der Waals surface area contributed by atoms with Crippen molar-refractivity contribution in [3.8, 4) is 0 Å². The number of benzene rings is 1. The van der Waals surface area contributed by atoms with Crippen LogP contribution in [-0.2, 0) is 23.7 Å². The number of carboxylic acid groups (broad SMARTS) is 1. The van der Waals surface area contributed by atoms with Crippen molar-refractivity contribution in [3.05, 3.63) is 35.9 Å². The van der Waals surface area contributed by atoms with Crippen molar-refractivity contribution < 1.29 is 38.4 Å². The van der Waals surface area contributed by atoms with Gasteiger partial charge in [0.25, 0.3) is 0 Å². The number of aliphatic carboxylic acids is 1. The van der Waals surface area contributed by atoms with Crippen molar-refractivity contribution in [3.63, 3.8) is 0 Å². The maximum Gasteiger partial charge on any atom is 0.420 e. The summed E-state index contributed by atoms with van der Waals surface area (Å²) in [6.07, 6.45) is -3.75. The number of nitrogens with zero attached hydrogens (tertiary/aromatic N) is 1. The zero-order valence-corrected chi connectivity index (χ0v) is 18.5. The normalized spacial score (nSPS) is 13.8. The zero-order valence-electron chi connectivity index (χ0n) is 18.5. The molecule has 0 aliphatic heterocycles. The molecule has 0 heterocycles. The summed E-state index contributed by atoms with van der Waals surface area (Å²) in [4.78, 5) is 38.7. The number of methoxy groups -OCH3 is 1. The summed E-state index contributed by atoms with van der Waals surface area (Å²) >= 11 is 0. The van der Waals surface area contributed by atoms with Crippen LogP contribution in [0.5, 0.6) is 0 Å². The minimum Gasteiger partial charge on any atom is -0.479 e. The number of carbonyl (C=O) groups excluding carboxylic acids is 2. The Labute approximate surface area is 176 Å². The Morgan fingerprint density at radius 3 is 1.77 bits per heavy atom. The molecule has 9 nitrogen and oxygen atoms in total. The van der Waals surface area contributed by atoms with Gasteiger partial charge in [-0.2, -0.15) is 0 Å². The van der Waals surface area contributed by atoms with E-state index in [0.717, 1.165) is 0 Å². The minimum absolute atomic E-state index is 0.345. The van der Waals surface area contributed by atoms with Crippen LogP contribution in [-0.4, -0.2) is 59.4 Å². The summed E-state index contributed by atoms with van der Waals surface area (Å²) in [6.45, 7) is 9.42. The van der Waals surface area contributed by atoms with Crippen LogP contribution >= 0.6 is 0 Å². The Bertz CT molecular complexity index is 693. The van der Waals surface area contributed by atoms with Gasteiger partial charge in [-0.05, 0) is 47.1 Å². The number of rotatable bonds is 7. The van der Waals surface area contributed by atoms with Crippen LogP contribution in [0.2, 0.25) is 0 Å². The highest BCUT2D eigenvalue weighted by molar-refractivity contribution is 5.90. The molecule has 168 valence electrons. The largest absolute Gasteiger partial charge is 0.479 e. The molecule has 30 heavy (non-hydrogen) atoms. The second-order valence-electron chi connectivity index (χ2n) is 8.52. The van der Waals surface area contributed by atoms with E-state index in [2.05, 4.69) is 0 Å². The van der Waals surface area contributed by atoms with Crippen LogP contribution in [0, 0.1) is 0 Å². The van der Waals surface area contributed by atoms with Crippen LogP contribution in [0.4, 0.5) is 9.59 Å². The highest BCUT2D eigenvalue weighted by atomic mass is 16.7. The Morgan fingerprint density at radius 2 is 1.40 bits per heavy atom. The van der Waals surface area contributed by atoms with Crippen molar-refractivity contribution in [2.75, 3.05) is 13.9 Å². The van der Waals surface area contributed by atoms with Crippen molar-refractivity contribution in [2.45, 2.75) is 64.9 Å². The SMILES string of the molecule is COCO[C@@H](C(=O)O)[C@H](c1ccccc1)N(C(=O)OC(C)(C)C)C(=O)OC(C)(C)C. The van der Waals surface area contributed by atoms with Crippen molar-refractivity contribution >= 4 is 18.2 Å². The molecule has 0 fully saturated rings. The number of imide groups is 1. The number of ether oxygens (including phenoxy) is 4. The van der Waals surface area contributed by atoms with Gasteiger partial charge in [-0.25, -0.2) is 19.3 Å². The van der Waals surface area contributed by atoms with E-state index < -0.39 is 41.5 Å². The molecule has 0 aliphatic carbocycles. The van der Waals surface area contributed by atoms with Gasteiger partial charge in [-0.15, -0.1) is 0 Å². The van der Waals surface area contributed by atoms with E-state index in [1.807, 2.05) is 0 Å². The quantitative estimate of drug-likeness (QED) is 0.653. The van der Waals surface area contributed by atoms with Gasteiger partial charge in [0.15, 0.2) is 6.10 Å². The molecule has 1 rings (SSSR count). The van der Waals surface area contributed by atoms with E-state index in [9.17, 15) is 19.5 Å². The van der Waals surface area contributed by atoms with Gasteiger partial charge in [0.05, 0.1) is 0 Å². The van der Waals surface area contributed by atoms with Crippen molar-refractivity contribution in [1.29, 1.82) is 0 Å². The number of hydrogen-bond donors (Lipinski definition) is 1. The van der Waals surface area contributed by atoms with Crippen LogP contribution < -0.4 is 0 Å². The lowest BCUT2D eigenvalue weighted by Gasteiger charge is -2.35. The summed E-state index contributed by atoms with van der Waals surface area (Å²) in [5.74, 6) is -1.39. The lowest BCUT2D eigenvalue weighted by molar-refractivity contribution is -0.165. The number of amides is 2. The first-order chi connectivity index (χ1) is 13.8. The van der Waals surface area contributed by atoms with Gasteiger partial charge in [0.2, 0.25) is 0 Å². The molecule has 0 radical (unpaired) electrons. The first kappa shape index (κ1) is 25.4. The van der Waals surface area contributed by atoms with Crippen molar-refractivity contribution in [2.24, 2.45) is 0 Å².